The first-order valence-electron chi connectivity index (χ1n) is 5.58. The van der Waals surface area contributed by atoms with E-state index >= 15 is 0 Å². The first-order valence-corrected chi connectivity index (χ1v) is 6.21. The molecule has 6 nitrogen and oxygen atoms in total. The van der Waals surface area contributed by atoms with Gasteiger partial charge in [0, 0.05) is 19.0 Å². The summed E-state index contributed by atoms with van der Waals surface area (Å²) in [6.07, 6.45) is 1.60. The summed E-state index contributed by atoms with van der Waals surface area (Å²) in [5.41, 5.74) is 1.05. The largest absolute Gasteiger partial charge is 0.464 e. The molecule has 0 aromatic carbocycles. The van der Waals surface area contributed by atoms with Crippen LogP contribution in [0, 0.1) is 6.92 Å². The number of rotatable bonds is 5. The molecule has 1 amide bonds. The van der Waals surface area contributed by atoms with Gasteiger partial charge < -0.3 is 10.1 Å². The molecule has 0 saturated heterocycles. The molecule has 1 heterocycles. The lowest BCUT2D eigenvalue weighted by atomic mass is 10.2. The molecule has 1 aromatic rings. The lowest BCUT2D eigenvalue weighted by molar-refractivity contribution is -0.144. The second-order valence-electron chi connectivity index (χ2n) is 3.76. The molecule has 1 N–H and O–H groups in total. The number of thiol groups is 1. The highest BCUT2D eigenvalue weighted by Gasteiger charge is 2.22. The number of amides is 1. The van der Waals surface area contributed by atoms with E-state index < -0.39 is 12.0 Å². The van der Waals surface area contributed by atoms with Gasteiger partial charge in [0.1, 0.15) is 6.04 Å². The summed E-state index contributed by atoms with van der Waals surface area (Å²) in [6.45, 7) is 3.71. The van der Waals surface area contributed by atoms with E-state index in [-0.39, 0.29) is 18.3 Å². The lowest BCUT2D eigenvalue weighted by Crippen LogP contribution is -2.43. The summed E-state index contributed by atoms with van der Waals surface area (Å²) in [7, 11) is 1.73. The van der Waals surface area contributed by atoms with Crippen LogP contribution in [0.5, 0.6) is 0 Å². The number of aromatic nitrogens is 2. The Labute approximate surface area is 111 Å². The molecular weight excluding hydrogens is 254 g/mol. The zero-order valence-electron chi connectivity index (χ0n) is 10.6. The Bertz CT molecular complexity index is 445. The number of carbonyl (C=O) groups excluding carboxylic acids is 2. The third-order valence-electron chi connectivity index (χ3n) is 2.32. The highest BCUT2D eigenvalue weighted by Crippen LogP contribution is 2.05. The molecule has 0 bridgehead atoms. The Hall–Kier alpha value is -1.50. The van der Waals surface area contributed by atoms with Crippen LogP contribution in [0.15, 0.2) is 6.20 Å². The molecule has 18 heavy (non-hydrogen) atoms. The van der Waals surface area contributed by atoms with Gasteiger partial charge in [0.05, 0.1) is 17.9 Å². The Morgan fingerprint density at radius 2 is 2.28 bits per heavy atom. The Morgan fingerprint density at radius 1 is 1.61 bits per heavy atom. The number of carbonyl (C=O) groups is 2. The van der Waals surface area contributed by atoms with Crippen molar-refractivity contribution in [2.45, 2.75) is 19.9 Å². The van der Waals surface area contributed by atoms with E-state index in [1.54, 1.807) is 31.8 Å². The maximum Gasteiger partial charge on any atom is 0.329 e. The van der Waals surface area contributed by atoms with Gasteiger partial charge in [-0.15, -0.1) is 0 Å². The summed E-state index contributed by atoms with van der Waals surface area (Å²) in [6, 6.07) is -0.750. The van der Waals surface area contributed by atoms with Gasteiger partial charge in [0.2, 0.25) is 0 Å². The normalized spacial score (nSPS) is 12.0. The van der Waals surface area contributed by atoms with Crippen LogP contribution in [0.1, 0.15) is 23.0 Å². The fourth-order valence-electron chi connectivity index (χ4n) is 1.48. The molecular formula is C11H17N3O3S. The number of aryl methyl sites for hydroxylation is 2. The Kier molecular flexibility index (Phi) is 5.21. The third kappa shape index (κ3) is 3.49. The van der Waals surface area contributed by atoms with Crippen LogP contribution in [-0.2, 0) is 16.6 Å². The lowest BCUT2D eigenvalue weighted by Gasteiger charge is -2.14. The average Bonchev–Trinajstić information content (AvgIpc) is 2.65. The maximum atomic E-state index is 12.0. The van der Waals surface area contributed by atoms with Crippen LogP contribution in [0.2, 0.25) is 0 Å². The zero-order chi connectivity index (χ0) is 13.7. The van der Waals surface area contributed by atoms with E-state index in [2.05, 4.69) is 23.0 Å². The van der Waals surface area contributed by atoms with Crippen molar-refractivity contribution >= 4 is 24.5 Å². The van der Waals surface area contributed by atoms with Crippen molar-refractivity contribution in [3.63, 3.8) is 0 Å². The number of nitrogens with zero attached hydrogens (tertiary/aromatic N) is 2. The van der Waals surface area contributed by atoms with Crippen LogP contribution in [-0.4, -0.2) is 40.1 Å². The highest BCUT2D eigenvalue weighted by molar-refractivity contribution is 7.80. The molecule has 0 spiro atoms. The fraction of sp³-hybridized carbons (Fsp3) is 0.545. The molecule has 1 aromatic heterocycles. The summed E-state index contributed by atoms with van der Waals surface area (Å²) in [4.78, 5) is 23.5. The summed E-state index contributed by atoms with van der Waals surface area (Å²) >= 11 is 4.03. The third-order valence-corrected chi connectivity index (χ3v) is 2.68. The second-order valence-corrected chi connectivity index (χ2v) is 4.13. The van der Waals surface area contributed by atoms with E-state index in [9.17, 15) is 9.59 Å². The molecule has 0 aliphatic carbocycles. The van der Waals surface area contributed by atoms with Crippen LogP contribution in [0.3, 0.4) is 0 Å². The SMILES string of the molecule is CCOC(=O)[C@H](CS)NC(=O)c1cn(C)nc1C. The van der Waals surface area contributed by atoms with Crippen LogP contribution in [0.4, 0.5) is 0 Å². The van der Waals surface area contributed by atoms with Crippen molar-refractivity contribution in [3.05, 3.63) is 17.5 Å². The van der Waals surface area contributed by atoms with E-state index in [0.717, 1.165) is 0 Å². The predicted octanol–water partition coefficient (Wildman–Crippen LogP) is 0.320. The summed E-state index contributed by atoms with van der Waals surface area (Å²) in [5, 5.41) is 6.65. The quantitative estimate of drug-likeness (QED) is 0.597. The van der Waals surface area contributed by atoms with Gasteiger partial charge in [-0.2, -0.15) is 17.7 Å². The van der Waals surface area contributed by atoms with Crippen molar-refractivity contribution < 1.29 is 14.3 Å². The number of nitrogens with one attached hydrogen (secondary N) is 1. The first-order chi connectivity index (χ1) is 8.49. The van der Waals surface area contributed by atoms with E-state index in [1.807, 2.05) is 0 Å². The van der Waals surface area contributed by atoms with Crippen molar-refractivity contribution in [2.75, 3.05) is 12.4 Å². The molecule has 0 aliphatic rings. The standard InChI is InChI=1S/C11H17N3O3S/c1-4-17-11(16)9(6-18)12-10(15)8-5-14(3)13-7(8)2/h5,9,18H,4,6H2,1-3H3,(H,12,15)/t9-/m0/s1. The topological polar surface area (TPSA) is 73.2 Å². The molecule has 0 fully saturated rings. The molecule has 0 saturated carbocycles. The molecule has 1 rings (SSSR count). The molecule has 100 valence electrons. The first kappa shape index (κ1) is 14.6. The van der Waals surface area contributed by atoms with Crippen LogP contribution < -0.4 is 5.32 Å². The summed E-state index contributed by atoms with van der Waals surface area (Å²) in [5.74, 6) is -0.653. The number of ether oxygens (including phenoxy) is 1. The number of hydrogen-bond acceptors (Lipinski definition) is 5. The average molecular weight is 271 g/mol. The van der Waals surface area contributed by atoms with Gasteiger partial charge in [-0.05, 0) is 13.8 Å². The predicted molar refractivity (Wildman–Crippen MR) is 69.7 cm³/mol. The van der Waals surface area contributed by atoms with Gasteiger partial charge in [-0.3, -0.25) is 9.48 Å². The van der Waals surface area contributed by atoms with Gasteiger partial charge in [-0.1, -0.05) is 0 Å². The van der Waals surface area contributed by atoms with Crippen LogP contribution in [0.25, 0.3) is 0 Å². The van der Waals surface area contributed by atoms with E-state index in [4.69, 9.17) is 4.74 Å². The highest BCUT2D eigenvalue weighted by atomic mass is 32.1. The fourth-order valence-corrected chi connectivity index (χ4v) is 1.72. The van der Waals surface area contributed by atoms with Crippen molar-refractivity contribution in [2.24, 2.45) is 7.05 Å². The Morgan fingerprint density at radius 3 is 2.72 bits per heavy atom. The molecule has 0 unspecified atom stereocenters. The van der Waals surface area contributed by atoms with Gasteiger partial charge >= 0.3 is 5.97 Å². The van der Waals surface area contributed by atoms with E-state index in [1.165, 1.54) is 0 Å². The molecule has 1 atom stereocenters. The minimum Gasteiger partial charge on any atom is -0.464 e. The minimum atomic E-state index is -0.750. The molecule has 0 aliphatic heterocycles. The monoisotopic (exact) mass is 271 g/mol. The van der Waals surface area contributed by atoms with Gasteiger partial charge in [0.15, 0.2) is 0 Å². The van der Waals surface area contributed by atoms with Crippen molar-refractivity contribution in [3.8, 4) is 0 Å². The second kappa shape index (κ2) is 6.44. The smallest absolute Gasteiger partial charge is 0.329 e. The number of hydrogen-bond donors (Lipinski definition) is 2. The van der Waals surface area contributed by atoms with Crippen molar-refractivity contribution in [1.82, 2.24) is 15.1 Å². The van der Waals surface area contributed by atoms with Gasteiger partial charge in [0.25, 0.3) is 5.91 Å². The van der Waals surface area contributed by atoms with Crippen LogP contribution >= 0.6 is 12.6 Å². The zero-order valence-corrected chi connectivity index (χ0v) is 11.5. The van der Waals surface area contributed by atoms with Gasteiger partial charge in [-0.25, -0.2) is 4.79 Å². The molecule has 0 radical (unpaired) electrons. The molecule has 7 heteroatoms. The van der Waals surface area contributed by atoms with Crippen molar-refractivity contribution in [1.29, 1.82) is 0 Å². The summed E-state index contributed by atoms with van der Waals surface area (Å²) < 4.78 is 6.39. The maximum absolute atomic E-state index is 12.0. The minimum absolute atomic E-state index is 0.184. The Balaban J connectivity index is 2.73. The number of esters is 1. The van der Waals surface area contributed by atoms with E-state index in [0.29, 0.717) is 11.3 Å².